The van der Waals surface area contributed by atoms with E-state index in [-0.39, 0.29) is 12.3 Å². The first-order valence-corrected chi connectivity index (χ1v) is 9.24. The molecule has 2 heterocycles. The lowest BCUT2D eigenvalue weighted by molar-refractivity contribution is -0.115. The van der Waals surface area contributed by atoms with Gasteiger partial charge in [0.1, 0.15) is 17.4 Å². The maximum Gasteiger partial charge on any atom is 0.228 e. The maximum absolute atomic E-state index is 13.7. The fourth-order valence-electron chi connectivity index (χ4n) is 2.85. The Morgan fingerprint density at radius 1 is 1.10 bits per heavy atom. The van der Waals surface area contributed by atoms with Crippen molar-refractivity contribution in [3.63, 3.8) is 0 Å². The third kappa shape index (κ3) is 4.67. The fourth-order valence-corrected chi connectivity index (χ4v) is 2.85. The SMILES string of the molecule is Cc1nc(Oc2ccc(NC(=O)Cc3ccccc3F)cc2)cc(-n2cccn2)n1. The predicted molar refractivity (Wildman–Crippen MR) is 109 cm³/mol. The van der Waals surface area contributed by atoms with Crippen LogP contribution in [0.3, 0.4) is 0 Å². The van der Waals surface area contributed by atoms with Crippen LogP contribution in [0.4, 0.5) is 10.1 Å². The largest absolute Gasteiger partial charge is 0.439 e. The third-order valence-electron chi connectivity index (χ3n) is 4.21. The number of amides is 1. The van der Waals surface area contributed by atoms with Gasteiger partial charge in [-0.1, -0.05) is 18.2 Å². The molecular weight excluding hydrogens is 385 g/mol. The molecule has 0 radical (unpaired) electrons. The molecule has 4 rings (SSSR count). The molecule has 1 amide bonds. The van der Waals surface area contributed by atoms with E-state index in [9.17, 15) is 9.18 Å². The summed E-state index contributed by atoms with van der Waals surface area (Å²) in [6, 6.07) is 16.5. The Bertz CT molecular complexity index is 1160. The zero-order chi connectivity index (χ0) is 20.9. The summed E-state index contributed by atoms with van der Waals surface area (Å²) in [5, 5.41) is 6.90. The van der Waals surface area contributed by atoms with Gasteiger partial charge in [-0.15, -0.1) is 0 Å². The van der Waals surface area contributed by atoms with Gasteiger partial charge < -0.3 is 10.1 Å². The zero-order valence-electron chi connectivity index (χ0n) is 16.1. The standard InChI is InChI=1S/C22H18FN5O2/c1-15-25-20(28-12-4-11-24-28)14-22(26-15)30-18-9-7-17(8-10-18)27-21(29)13-16-5-2-3-6-19(16)23/h2-12,14H,13H2,1H3,(H,27,29). The van der Waals surface area contributed by atoms with E-state index in [0.29, 0.717) is 34.5 Å². The Morgan fingerprint density at radius 2 is 1.90 bits per heavy atom. The van der Waals surface area contributed by atoms with E-state index in [1.807, 2.05) is 0 Å². The van der Waals surface area contributed by atoms with E-state index >= 15 is 0 Å². The van der Waals surface area contributed by atoms with Gasteiger partial charge in [0.25, 0.3) is 0 Å². The van der Waals surface area contributed by atoms with Crippen LogP contribution in [0.5, 0.6) is 11.6 Å². The number of carbonyl (C=O) groups excluding carboxylic acids is 1. The second-order valence-corrected chi connectivity index (χ2v) is 6.51. The summed E-state index contributed by atoms with van der Waals surface area (Å²) in [7, 11) is 0. The van der Waals surface area contributed by atoms with Gasteiger partial charge in [0.2, 0.25) is 11.8 Å². The summed E-state index contributed by atoms with van der Waals surface area (Å²) >= 11 is 0. The van der Waals surface area contributed by atoms with Crippen LogP contribution in [-0.2, 0) is 11.2 Å². The van der Waals surface area contributed by atoms with Crippen molar-refractivity contribution in [1.82, 2.24) is 19.7 Å². The highest BCUT2D eigenvalue weighted by Gasteiger charge is 2.09. The first-order chi connectivity index (χ1) is 14.6. The second-order valence-electron chi connectivity index (χ2n) is 6.51. The first-order valence-electron chi connectivity index (χ1n) is 9.24. The number of ether oxygens (including phenoxy) is 1. The Kier molecular flexibility index (Phi) is 5.47. The molecule has 0 aliphatic heterocycles. The van der Waals surface area contributed by atoms with Gasteiger partial charge in [-0.2, -0.15) is 10.1 Å². The molecular formula is C22H18FN5O2. The number of halogens is 1. The number of rotatable bonds is 6. The zero-order valence-corrected chi connectivity index (χ0v) is 16.1. The molecule has 8 heteroatoms. The lowest BCUT2D eigenvalue weighted by atomic mass is 10.1. The molecule has 4 aromatic rings. The first kappa shape index (κ1) is 19.3. The number of hydrogen-bond donors (Lipinski definition) is 1. The molecule has 0 aliphatic rings. The van der Waals surface area contributed by atoms with Crippen molar-refractivity contribution in [2.75, 3.05) is 5.32 Å². The topological polar surface area (TPSA) is 81.9 Å². The van der Waals surface area contributed by atoms with Gasteiger partial charge in [0.15, 0.2) is 5.82 Å². The Labute approximate surface area is 172 Å². The molecule has 0 unspecified atom stereocenters. The molecule has 1 N–H and O–H groups in total. The third-order valence-corrected chi connectivity index (χ3v) is 4.21. The van der Waals surface area contributed by atoms with Crippen molar-refractivity contribution < 1.29 is 13.9 Å². The number of aryl methyl sites for hydroxylation is 1. The van der Waals surface area contributed by atoms with Crippen molar-refractivity contribution in [3.05, 3.63) is 90.3 Å². The van der Waals surface area contributed by atoms with Crippen LogP contribution in [0.1, 0.15) is 11.4 Å². The Balaban J connectivity index is 1.42. The van der Waals surface area contributed by atoms with E-state index in [2.05, 4.69) is 20.4 Å². The van der Waals surface area contributed by atoms with E-state index in [1.165, 1.54) is 6.07 Å². The van der Waals surface area contributed by atoms with Gasteiger partial charge in [0.05, 0.1) is 6.42 Å². The van der Waals surface area contributed by atoms with Gasteiger partial charge in [-0.25, -0.2) is 14.1 Å². The molecule has 0 saturated carbocycles. The number of nitrogens with zero attached hydrogens (tertiary/aromatic N) is 4. The van der Waals surface area contributed by atoms with E-state index in [0.717, 1.165) is 0 Å². The highest BCUT2D eigenvalue weighted by molar-refractivity contribution is 5.92. The summed E-state index contributed by atoms with van der Waals surface area (Å²) in [4.78, 5) is 20.8. The van der Waals surface area contributed by atoms with Crippen LogP contribution in [0, 0.1) is 12.7 Å². The van der Waals surface area contributed by atoms with Crippen LogP contribution in [0.15, 0.2) is 73.1 Å². The average Bonchev–Trinajstić information content (AvgIpc) is 3.26. The Morgan fingerprint density at radius 3 is 2.63 bits per heavy atom. The molecule has 150 valence electrons. The maximum atomic E-state index is 13.7. The van der Waals surface area contributed by atoms with Crippen molar-refractivity contribution in [2.45, 2.75) is 13.3 Å². The van der Waals surface area contributed by atoms with Gasteiger partial charge in [0, 0.05) is 24.1 Å². The lowest BCUT2D eigenvalue weighted by Crippen LogP contribution is -2.15. The summed E-state index contributed by atoms with van der Waals surface area (Å²) in [6.07, 6.45) is 3.41. The van der Waals surface area contributed by atoms with E-state index in [4.69, 9.17) is 4.74 Å². The van der Waals surface area contributed by atoms with E-state index in [1.54, 1.807) is 78.6 Å². The number of nitrogens with one attached hydrogen (secondary N) is 1. The highest BCUT2D eigenvalue weighted by Crippen LogP contribution is 2.23. The number of hydrogen-bond acceptors (Lipinski definition) is 5. The quantitative estimate of drug-likeness (QED) is 0.525. The van der Waals surface area contributed by atoms with Crippen molar-refractivity contribution >= 4 is 11.6 Å². The minimum absolute atomic E-state index is 0.0403. The molecule has 0 atom stereocenters. The van der Waals surface area contributed by atoms with Gasteiger partial charge in [-0.3, -0.25) is 4.79 Å². The highest BCUT2D eigenvalue weighted by atomic mass is 19.1. The molecule has 2 aromatic carbocycles. The normalized spacial score (nSPS) is 10.6. The molecule has 0 saturated heterocycles. The minimum atomic E-state index is -0.397. The van der Waals surface area contributed by atoms with Gasteiger partial charge in [-0.05, 0) is 48.9 Å². The molecule has 0 fully saturated rings. The molecule has 2 aromatic heterocycles. The van der Waals surface area contributed by atoms with Crippen molar-refractivity contribution in [2.24, 2.45) is 0 Å². The number of anilines is 1. The summed E-state index contributed by atoms with van der Waals surface area (Å²) in [5.41, 5.74) is 0.932. The lowest BCUT2D eigenvalue weighted by Gasteiger charge is -2.09. The number of benzene rings is 2. The van der Waals surface area contributed by atoms with Crippen LogP contribution in [0.25, 0.3) is 5.82 Å². The van der Waals surface area contributed by atoms with Crippen LogP contribution in [0.2, 0.25) is 0 Å². The number of aromatic nitrogens is 4. The fraction of sp³-hybridized carbons (Fsp3) is 0.0909. The predicted octanol–water partition coefficient (Wildman–Crippen LogP) is 4.08. The monoisotopic (exact) mass is 403 g/mol. The minimum Gasteiger partial charge on any atom is -0.439 e. The van der Waals surface area contributed by atoms with E-state index < -0.39 is 5.82 Å². The summed E-state index contributed by atoms with van der Waals surface area (Å²) in [5.74, 6) is 1.38. The smallest absolute Gasteiger partial charge is 0.228 e. The van der Waals surface area contributed by atoms with Crippen LogP contribution < -0.4 is 10.1 Å². The van der Waals surface area contributed by atoms with Gasteiger partial charge >= 0.3 is 0 Å². The van der Waals surface area contributed by atoms with Crippen LogP contribution in [-0.4, -0.2) is 25.7 Å². The average molecular weight is 403 g/mol. The number of carbonyl (C=O) groups is 1. The Hall–Kier alpha value is -4.07. The van der Waals surface area contributed by atoms with Crippen molar-refractivity contribution in [1.29, 1.82) is 0 Å². The van der Waals surface area contributed by atoms with Crippen LogP contribution >= 0.6 is 0 Å². The molecule has 0 spiro atoms. The summed E-state index contributed by atoms with van der Waals surface area (Å²) in [6.45, 7) is 1.77. The van der Waals surface area contributed by atoms with Crippen molar-refractivity contribution in [3.8, 4) is 17.4 Å². The molecule has 0 bridgehead atoms. The molecule has 30 heavy (non-hydrogen) atoms. The second kappa shape index (κ2) is 8.52. The molecule has 0 aliphatic carbocycles. The summed E-state index contributed by atoms with van der Waals surface area (Å²) < 4.78 is 21.1. The molecule has 7 nitrogen and oxygen atoms in total.